The van der Waals surface area contributed by atoms with Gasteiger partial charge in [-0.25, -0.2) is 4.98 Å². The second-order valence-electron chi connectivity index (χ2n) is 4.22. The van der Waals surface area contributed by atoms with Crippen molar-refractivity contribution in [1.29, 1.82) is 0 Å². The summed E-state index contributed by atoms with van der Waals surface area (Å²) in [4.78, 5) is 16.1. The topological polar surface area (TPSA) is 54.0 Å². The summed E-state index contributed by atoms with van der Waals surface area (Å²) in [5.41, 5.74) is 0.307. The Bertz CT molecular complexity index is 417. The third-order valence-corrected chi connectivity index (χ3v) is 2.86. The van der Waals surface area contributed by atoms with Crippen molar-refractivity contribution in [1.82, 2.24) is 4.98 Å². The molecular formula is C10H12BrN3O. The monoisotopic (exact) mass is 269 g/mol. The number of fused-ring (bicyclic) bond motifs is 1. The average molecular weight is 270 g/mol. The molecule has 0 fully saturated rings. The molecule has 2 rings (SSSR count). The van der Waals surface area contributed by atoms with Crippen LogP contribution in [0.1, 0.15) is 13.8 Å². The molecule has 2 heterocycles. The van der Waals surface area contributed by atoms with Gasteiger partial charge in [-0.05, 0) is 41.9 Å². The van der Waals surface area contributed by atoms with Crippen LogP contribution in [-0.2, 0) is 4.79 Å². The molecule has 0 unspecified atom stereocenters. The minimum Gasteiger partial charge on any atom is -0.367 e. The summed E-state index contributed by atoms with van der Waals surface area (Å²) in [5.74, 6) is 0.723. The van der Waals surface area contributed by atoms with Gasteiger partial charge in [0.05, 0.1) is 11.1 Å². The van der Waals surface area contributed by atoms with Gasteiger partial charge in [0.1, 0.15) is 4.60 Å². The van der Waals surface area contributed by atoms with E-state index in [1.54, 1.807) is 6.07 Å². The van der Waals surface area contributed by atoms with E-state index in [1.807, 2.05) is 19.9 Å². The number of halogens is 1. The van der Waals surface area contributed by atoms with Gasteiger partial charge < -0.3 is 10.6 Å². The predicted octanol–water partition coefficient (Wildman–Crippen LogP) is 2.23. The van der Waals surface area contributed by atoms with Crippen LogP contribution in [0.15, 0.2) is 16.7 Å². The molecule has 0 bridgehead atoms. The van der Waals surface area contributed by atoms with E-state index < -0.39 is 5.41 Å². The van der Waals surface area contributed by atoms with E-state index in [-0.39, 0.29) is 5.91 Å². The molecule has 4 nitrogen and oxygen atoms in total. The van der Waals surface area contributed by atoms with Crippen molar-refractivity contribution < 1.29 is 4.79 Å². The summed E-state index contributed by atoms with van der Waals surface area (Å²) >= 11 is 3.30. The highest BCUT2D eigenvalue weighted by Gasteiger charge is 2.31. The molecule has 1 aliphatic rings. The van der Waals surface area contributed by atoms with Crippen molar-refractivity contribution in [2.75, 3.05) is 17.2 Å². The quantitative estimate of drug-likeness (QED) is 0.711. The van der Waals surface area contributed by atoms with E-state index >= 15 is 0 Å². The smallest absolute Gasteiger partial charge is 0.231 e. The highest BCUT2D eigenvalue weighted by molar-refractivity contribution is 9.10. The Labute approximate surface area is 96.6 Å². The van der Waals surface area contributed by atoms with E-state index in [9.17, 15) is 4.79 Å². The number of anilines is 2. The molecule has 1 aromatic heterocycles. The van der Waals surface area contributed by atoms with Crippen molar-refractivity contribution in [3.63, 3.8) is 0 Å². The molecule has 2 N–H and O–H groups in total. The lowest BCUT2D eigenvalue weighted by atomic mass is 9.93. The predicted molar refractivity (Wildman–Crippen MR) is 62.8 cm³/mol. The molecule has 80 valence electrons. The number of nitrogens with zero attached hydrogens (tertiary/aromatic N) is 1. The fraction of sp³-hybridized carbons (Fsp3) is 0.400. The minimum absolute atomic E-state index is 0.0119. The molecule has 0 saturated heterocycles. The Kier molecular flexibility index (Phi) is 2.42. The van der Waals surface area contributed by atoms with Crippen LogP contribution >= 0.6 is 15.9 Å². The first-order valence-corrected chi connectivity index (χ1v) is 5.50. The Morgan fingerprint density at radius 2 is 2.20 bits per heavy atom. The molecule has 0 atom stereocenters. The number of rotatable bonds is 0. The van der Waals surface area contributed by atoms with Gasteiger partial charge in [0.15, 0.2) is 5.82 Å². The third-order valence-electron chi connectivity index (χ3n) is 2.42. The fourth-order valence-electron chi connectivity index (χ4n) is 1.35. The van der Waals surface area contributed by atoms with Crippen LogP contribution < -0.4 is 10.6 Å². The van der Waals surface area contributed by atoms with Crippen LogP contribution in [0.2, 0.25) is 0 Å². The van der Waals surface area contributed by atoms with Gasteiger partial charge in [-0.3, -0.25) is 4.79 Å². The number of pyridine rings is 1. The molecule has 0 aromatic carbocycles. The Morgan fingerprint density at radius 3 is 2.93 bits per heavy atom. The maximum absolute atomic E-state index is 11.8. The number of hydrogen-bond donors (Lipinski definition) is 2. The SMILES string of the molecule is CC1(C)CNc2nc(Br)ccc2NC1=O. The maximum Gasteiger partial charge on any atom is 0.231 e. The lowest BCUT2D eigenvalue weighted by Gasteiger charge is -2.19. The van der Waals surface area contributed by atoms with Crippen LogP contribution in [-0.4, -0.2) is 17.4 Å². The van der Waals surface area contributed by atoms with E-state index in [4.69, 9.17) is 0 Å². The molecule has 0 aliphatic carbocycles. The summed E-state index contributed by atoms with van der Waals surface area (Å²) < 4.78 is 0.753. The summed E-state index contributed by atoms with van der Waals surface area (Å²) in [6, 6.07) is 3.64. The van der Waals surface area contributed by atoms with Gasteiger partial charge in [-0.15, -0.1) is 0 Å². The summed E-state index contributed by atoms with van der Waals surface area (Å²) in [5, 5.41) is 6.02. The number of carbonyl (C=O) groups excluding carboxylic acids is 1. The first-order chi connectivity index (χ1) is 6.99. The fourth-order valence-corrected chi connectivity index (χ4v) is 1.66. The maximum atomic E-state index is 11.8. The van der Waals surface area contributed by atoms with E-state index in [0.29, 0.717) is 12.4 Å². The lowest BCUT2D eigenvalue weighted by Crippen LogP contribution is -2.34. The van der Waals surface area contributed by atoms with Gasteiger partial charge in [0.25, 0.3) is 0 Å². The molecular weight excluding hydrogens is 258 g/mol. The number of carbonyl (C=O) groups is 1. The van der Waals surface area contributed by atoms with Gasteiger partial charge in [-0.1, -0.05) is 0 Å². The molecule has 0 radical (unpaired) electrons. The standard InChI is InChI=1S/C10H12BrN3O/c1-10(2)5-12-8-6(13-9(10)15)3-4-7(11)14-8/h3-4H,5H2,1-2H3,(H,12,14)(H,13,15). The van der Waals surface area contributed by atoms with Crippen molar-refractivity contribution >= 4 is 33.3 Å². The number of hydrogen-bond acceptors (Lipinski definition) is 3. The molecule has 1 amide bonds. The third kappa shape index (κ3) is 1.97. The molecule has 0 spiro atoms. The minimum atomic E-state index is -0.423. The normalized spacial score (nSPS) is 18.5. The van der Waals surface area contributed by atoms with Gasteiger partial charge >= 0.3 is 0 Å². The highest BCUT2D eigenvalue weighted by atomic mass is 79.9. The van der Waals surface area contributed by atoms with Crippen LogP contribution in [0.3, 0.4) is 0 Å². The zero-order valence-corrected chi connectivity index (χ0v) is 10.2. The molecule has 15 heavy (non-hydrogen) atoms. The van der Waals surface area contributed by atoms with Gasteiger partial charge in [0, 0.05) is 6.54 Å². The van der Waals surface area contributed by atoms with Crippen molar-refractivity contribution in [3.05, 3.63) is 16.7 Å². The van der Waals surface area contributed by atoms with Crippen molar-refractivity contribution in [2.24, 2.45) is 5.41 Å². The van der Waals surface area contributed by atoms with Crippen LogP contribution in [0.25, 0.3) is 0 Å². The summed E-state index contributed by atoms with van der Waals surface area (Å²) in [7, 11) is 0. The molecule has 1 aromatic rings. The van der Waals surface area contributed by atoms with Crippen LogP contribution in [0.5, 0.6) is 0 Å². The zero-order chi connectivity index (χ0) is 11.1. The largest absolute Gasteiger partial charge is 0.367 e. The Morgan fingerprint density at radius 1 is 1.47 bits per heavy atom. The first-order valence-electron chi connectivity index (χ1n) is 4.71. The van der Waals surface area contributed by atoms with Gasteiger partial charge in [-0.2, -0.15) is 0 Å². The van der Waals surface area contributed by atoms with Crippen molar-refractivity contribution in [3.8, 4) is 0 Å². The first kappa shape index (κ1) is 10.4. The van der Waals surface area contributed by atoms with E-state index in [2.05, 4.69) is 31.5 Å². The van der Waals surface area contributed by atoms with Crippen molar-refractivity contribution in [2.45, 2.75) is 13.8 Å². The summed E-state index contributed by atoms with van der Waals surface area (Å²) in [6.07, 6.45) is 0. The van der Waals surface area contributed by atoms with E-state index in [1.165, 1.54) is 0 Å². The highest BCUT2D eigenvalue weighted by Crippen LogP contribution is 2.29. The molecule has 1 aliphatic heterocycles. The lowest BCUT2D eigenvalue weighted by molar-refractivity contribution is -0.123. The van der Waals surface area contributed by atoms with Gasteiger partial charge in [0.2, 0.25) is 5.91 Å². The Hall–Kier alpha value is -1.10. The zero-order valence-electron chi connectivity index (χ0n) is 8.60. The molecule has 5 heteroatoms. The Balaban J connectivity index is 2.40. The number of nitrogens with one attached hydrogen (secondary N) is 2. The van der Waals surface area contributed by atoms with E-state index in [0.717, 1.165) is 10.3 Å². The molecule has 0 saturated carbocycles. The van der Waals surface area contributed by atoms with Crippen LogP contribution in [0, 0.1) is 5.41 Å². The average Bonchev–Trinajstić information content (AvgIpc) is 2.27. The second-order valence-corrected chi connectivity index (χ2v) is 5.03. The number of aromatic nitrogens is 1. The second kappa shape index (κ2) is 3.48. The number of amides is 1. The van der Waals surface area contributed by atoms with Crippen LogP contribution in [0.4, 0.5) is 11.5 Å². The summed E-state index contributed by atoms with van der Waals surface area (Å²) in [6.45, 7) is 4.38.